The number of carbonyl (C=O) groups is 1. The highest BCUT2D eigenvalue weighted by Crippen LogP contribution is 2.23. The van der Waals surface area contributed by atoms with Crippen molar-refractivity contribution in [2.24, 2.45) is 0 Å². The van der Waals surface area contributed by atoms with Crippen molar-refractivity contribution in [2.45, 2.75) is 346 Å². The minimum atomic E-state index is -1.59. The van der Waals surface area contributed by atoms with E-state index in [0.717, 1.165) is 116 Å². The summed E-state index contributed by atoms with van der Waals surface area (Å²) in [6, 6.07) is -0.845. The van der Waals surface area contributed by atoms with E-state index in [4.69, 9.17) is 9.47 Å². The number of hydrogen-bond acceptors (Lipinski definition) is 8. The SMILES string of the molecule is CC/C=C\C/C=C\C/C=C\C/C=C\C/C=C\C/C=C\C/C=C\C/C=C\CCCCCCCCCCC(=O)NC(COC1OC(CO)C(O)C(O)C1O)C(O)/C=C/CC/C=C/CC/C=C/CCCCCCCCCCCCCCCCCCCCCCCC. The van der Waals surface area contributed by atoms with Gasteiger partial charge in [-0.1, -0.05) is 321 Å². The maximum atomic E-state index is 13.1. The topological polar surface area (TPSA) is 149 Å². The molecule has 0 radical (unpaired) electrons. The van der Waals surface area contributed by atoms with Crippen LogP contribution in [0, 0.1) is 0 Å². The van der Waals surface area contributed by atoms with Gasteiger partial charge in [-0.25, -0.2) is 0 Å². The lowest BCUT2D eigenvalue weighted by molar-refractivity contribution is -0.302. The fourth-order valence-corrected chi connectivity index (χ4v) is 10.8. The van der Waals surface area contributed by atoms with Crippen LogP contribution in [0.15, 0.2) is 134 Å². The summed E-state index contributed by atoms with van der Waals surface area (Å²) in [6.07, 6.45) is 94.2. The first-order valence-electron chi connectivity index (χ1n) is 36.4. The van der Waals surface area contributed by atoms with E-state index in [0.29, 0.717) is 6.42 Å². The highest BCUT2D eigenvalue weighted by Gasteiger charge is 2.44. The molecule has 88 heavy (non-hydrogen) atoms. The third kappa shape index (κ3) is 54.1. The lowest BCUT2D eigenvalue weighted by Crippen LogP contribution is -2.60. The number of rotatable bonds is 62. The molecule has 1 saturated heterocycles. The van der Waals surface area contributed by atoms with Gasteiger partial charge in [0.2, 0.25) is 5.91 Å². The molecule has 1 aliphatic heterocycles. The zero-order chi connectivity index (χ0) is 63.5. The maximum absolute atomic E-state index is 13.1. The number of unbranched alkanes of at least 4 members (excludes halogenated alkanes) is 32. The van der Waals surface area contributed by atoms with Crippen molar-refractivity contribution in [3.05, 3.63) is 134 Å². The average molecular weight is 1230 g/mol. The zero-order valence-electron chi connectivity index (χ0n) is 56.4. The summed E-state index contributed by atoms with van der Waals surface area (Å²) in [5, 5.41) is 54.8. The molecule has 1 amide bonds. The molecular formula is C79H135NO8. The summed E-state index contributed by atoms with van der Waals surface area (Å²) >= 11 is 0. The number of allylic oxidation sites excluding steroid dienone is 21. The minimum Gasteiger partial charge on any atom is -0.394 e. The number of ether oxygens (including phenoxy) is 2. The molecular weight excluding hydrogens is 1090 g/mol. The van der Waals surface area contributed by atoms with E-state index < -0.39 is 49.5 Å². The van der Waals surface area contributed by atoms with Gasteiger partial charge in [0.05, 0.1) is 25.4 Å². The van der Waals surface area contributed by atoms with Crippen LogP contribution in [0.2, 0.25) is 0 Å². The molecule has 9 nitrogen and oxygen atoms in total. The molecule has 0 saturated carbocycles. The van der Waals surface area contributed by atoms with Crippen LogP contribution in [0.25, 0.3) is 0 Å². The van der Waals surface area contributed by atoms with E-state index in [-0.39, 0.29) is 12.5 Å². The second kappa shape index (κ2) is 66.3. The summed E-state index contributed by atoms with van der Waals surface area (Å²) in [5.41, 5.74) is 0. The molecule has 0 aliphatic carbocycles. The van der Waals surface area contributed by atoms with Crippen LogP contribution in [0.4, 0.5) is 0 Å². The third-order valence-electron chi connectivity index (χ3n) is 16.4. The Kier molecular flexibility index (Phi) is 62.0. The number of hydrogen-bond donors (Lipinski definition) is 6. The van der Waals surface area contributed by atoms with Crippen molar-refractivity contribution >= 4 is 5.91 Å². The molecule has 504 valence electrons. The molecule has 1 rings (SSSR count). The molecule has 0 spiro atoms. The predicted octanol–water partition coefficient (Wildman–Crippen LogP) is 20.4. The van der Waals surface area contributed by atoms with Crippen molar-refractivity contribution in [1.82, 2.24) is 5.32 Å². The lowest BCUT2D eigenvalue weighted by atomic mass is 9.99. The maximum Gasteiger partial charge on any atom is 0.220 e. The summed E-state index contributed by atoms with van der Waals surface area (Å²) in [6.45, 7) is 3.66. The Hall–Kier alpha value is -3.67. The normalized spacial score (nSPS) is 18.7. The van der Waals surface area contributed by atoms with Gasteiger partial charge >= 0.3 is 0 Å². The Balaban J connectivity index is 2.19. The Labute approximate surface area is 541 Å². The van der Waals surface area contributed by atoms with E-state index >= 15 is 0 Å². The summed E-state index contributed by atoms with van der Waals surface area (Å²) < 4.78 is 11.3. The molecule has 0 aromatic rings. The Morgan fingerprint density at radius 3 is 1.09 bits per heavy atom. The summed E-state index contributed by atoms with van der Waals surface area (Å²) in [5.74, 6) is -0.202. The monoisotopic (exact) mass is 1230 g/mol. The first kappa shape index (κ1) is 82.3. The molecule has 1 heterocycles. The van der Waals surface area contributed by atoms with Gasteiger partial charge in [0.25, 0.3) is 0 Å². The second-order valence-corrected chi connectivity index (χ2v) is 24.6. The Bertz CT molecular complexity index is 1860. The lowest BCUT2D eigenvalue weighted by Gasteiger charge is -2.40. The standard InChI is InChI=1S/C79H135NO8/c1-3-5-7-9-11-13-15-17-19-21-23-25-27-29-31-33-35-37-39-41-43-45-47-49-51-53-55-57-59-61-63-65-67-69-75(83)80-72(71-87-79-78(86)77(85)76(84)74(70-81)88-79)73(82)68-66-64-62-60-58-56-54-52-50-48-46-44-42-40-38-36-34-32-30-28-26-24-22-20-18-16-14-12-10-8-6-4-2/h5,7,11,13,17,19,23,25,29,31,35,37,41,43,47,49-50,52,58,60,66,68,72-74,76-79,81-82,84-86H,3-4,6,8-10,12,14-16,18,20-22,24,26-28,30,32-34,36,38-40,42,44-46,48,51,53-57,59,61-65,67,69-71H2,1-2H3,(H,80,83)/b7-5-,13-11-,19-17-,25-23-,31-29-,37-35-,43-41-,49-47-,52-50+,60-58+,68-66+. The Morgan fingerprint density at radius 1 is 0.398 bits per heavy atom. The van der Waals surface area contributed by atoms with E-state index in [1.54, 1.807) is 6.08 Å². The van der Waals surface area contributed by atoms with E-state index in [2.05, 4.69) is 141 Å². The summed E-state index contributed by atoms with van der Waals surface area (Å²) in [7, 11) is 0. The second-order valence-electron chi connectivity index (χ2n) is 24.6. The van der Waals surface area contributed by atoms with Gasteiger partial charge in [0.15, 0.2) is 6.29 Å². The molecule has 6 N–H and O–H groups in total. The fourth-order valence-electron chi connectivity index (χ4n) is 10.8. The smallest absolute Gasteiger partial charge is 0.220 e. The van der Waals surface area contributed by atoms with Crippen LogP contribution in [-0.2, 0) is 14.3 Å². The number of nitrogens with one attached hydrogen (secondary N) is 1. The Morgan fingerprint density at radius 2 is 0.716 bits per heavy atom. The molecule has 1 fully saturated rings. The van der Waals surface area contributed by atoms with Crippen molar-refractivity contribution < 1.29 is 39.8 Å². The molecule has 7 unspecified atom stereocenters. The van der Waals surface area contributed by atoms with Gasteiger partial charge in [-0.15, -0.1) is 0 Å². The van der Waals surface area contributed by atoms with E-state index in [9.17, 15) is 30.3 Å². The molecule has 0 aromatic heterocycles. The van der Waals surface area contributed by atoms with Crippen molar-refractivity contribution in [3.8, 4) is 0 Å². The van der Waals surface area contributed by atoms with Crippen LogP contribution in [0.3, 0.4) is 0 Å². The van der Waals surface area contributed by atoms with Crippen molar-refractivity contribution in [1.29, 1.82) is 0 Å². The van der Waals surface area contributed by atoms with E-state index in [1.165, 1.54) is 167 Å². The molecule has 9 heteroatoms. The third-order valence-corrected chi connectivity index (χ3v) is 16.4. The van der Waals surface area contributed by atoms with Gasteiger partial charge in [-0.3, -0.25) is 4.79 Å². The largest absolute Gasteiger partial charge is 0.394 e. The number of aliphatic hydroxyl groups is 5. The number of amides is 1. The van der Waals surface area contributed by atoms with Gasteiger partial charge < -0.3 is 40.3 Å². The fraction of sp³-hybridized carbons (Fsp3) is 0.709. The van der Waals surface area contributed by atoms with Crippen LogP contribution in [0.5, 0.6) is 0 Å². The van der Waals surface area contributed by atoms with Crippen molar-refractivity contribution in [3.63, 3.8) is 0 Å². The quantitative estimate of drug-likeness (QED) is 0.0261. The van der Waals surface area contributed by atoms with E-state index in [1.807, 2.05) is 6.08 Å². The molecule has 0 aromatic carbocycles. The average Bonchev–Trinajstić information content (AvgIpc) is 3.65. The molecule has 0 bridgehead atoms. The first-order valence-corrected chi connectivity index (χ1v) is 36.4. The van der Waals surface area contributed by atoms with Crippen LogP contribution in [-0.4, -0.2) is 87.5 Å². The van der Waals surface area contributed by atoms with Crippen LogP contribution >= 0.6 is 0 Å². The highest BCUT2D eigenvalue weighted by atomic mass is 16.7. The van der Waals surface area contributed by atoms with Gasteiger partial charge in [-0.05, 0) is 109 Å². The van der Waals surface area contributed by atoms with Gasteiger partial charge in [-0.2, -0.15) is 0 Å². The van der Waals surface area contributed by atoms with Crippen LogP contribution in [0.1, 0.15) is 303 Å². The predicted molar refractivity (Wildman–Crippen MR) is 377 cm³/mol. The molecule has 7 atom stereocenters. The minimum absolute atomic E-state index is 0.202. The number of carbonyl (C=O) groups excluding carboxylic acids is 1. The molecule has 1 aliphatic rings. The summed E-state index contributed by atoms with van der Waals surface area (Å²) in [4.78, 5) is 13.1. The first-order chi connectivity index (χ1) is 43.3. The number of aliphatic hydroxyl groups excluding tert-OH is 5. The van der Waals surface area contributed by atoms with Gasteiger partial charge in [0.1, 0.15) is 24.4 Å². The highest BCUT2D eigenvalue weighted by molar-refractivity contribution is 5.76. The van der Waals surface area contributed by atoms with Gasteiger partial charge in [0, 0.05) is 6.42 Å². The zero-order valence-corrected chi connectivity index (χ0v) is 56.4. The van der Waals surface area contributed by atoms with Crippen molar-refractivity contribution in [2.75, 3.05) is 13.2 Å². The van der Waals surface area contributed by atoms with Crippen LogP contribution < -0.4 is 5.32 Å².